The van der Waals surface area contributed by atoms with Crippen LogP contribution in [-0.4, -0.2) is 45.1 Å². The second kappa shape index (κ2) is 7.51. The van der Waals surface area contributed by atoms with Gasteiger partial charge in [-0.15, -0.1) is 0 Å². The minimum Gasteiger partial charge on any atom is -0.450 e. The molecular weight excluding hydrogens is 354 g/mol. The van der Waals surface area contributed by atoms with Gasteiger partial charge in [0, 0.05) is 35.6 Å². The van der Waals surface area contributed by atoms with Crippen LogP contribution >= 0.6 is 0 Å². The largest absolute Gasteiger partial charge is 0.450 e. The summed E-state index contributed by atoms with van der Waals surface area (Å²) in [6.45, 7) is 3.02. The Morgan fingerprint density at radius 3 is 2.50 bits per heavy atom. The Balaban J connectivity index is 1.75. The van der Waals surface area contributed by atoms with E-state index in [1.165, 1.54) is 6.07 Å². The van der Waals surface area contributed by atoms with Gasteiger partial charge in [-0.25, -0.2) is 17.9 Å². The van der Waals surface area contributed by atoms with Crippen LogP contribution in [0.4, 0.5) is 10.5 Å². The third-order valence-electron chi connectivity index (χ3n) is 4.55. The van der Waals surface area contributed by atoms with E-state index in [0.717, 1.165) is 0 Å². The van der Waals surface area contributed by atoms with E-state index in [2.05, 4.69) is 4.72 Å². The summed E-state index contributed by atoms with van der Waals surface area (Å²) >= 11 is 0. The standard InChI is InChI=1S/C18H23N3O4S/c1-2-25-18(22)21-11-9-13(10-12-21)20-26(23,24)17-8-7-16(19)14-5-3-4-6-15(14)17/h3-8,13,20H,2,9-12,19H2,1H3. The number of fused-ring (bicyclic) bond motifs is 1. The average molecular weight is 377 g/mol. The van der Waals surface area contributed by atoms with Gasteiger partial charge in [-0.2, -0.15) is 0 Å². The molecule has 2 aromatic carbocycles. The Morgan fingerprint density at radius 2 is 1.85 bits per heavy atom. The number of hydrogen-bond donors (Lipinski definition) is 2. The maximum atomic E-state index is 12.9. The Morgan fingerprint density at radius 1 is 1.19 bits per heavy atom. The van der Waals surface area contributed by atoms with Crippen LogP contribution in [0.25, 0.3) is 10.8 Å². The molecule has 2 aromatic rings. The number of ether oxygens (including phenoxy) is 1. The average Bonchev–Trinajstić information content (AvgIpc) is 2.62. The Labute approximate surface area is 153 Å². The lowest BCUT2D eigenvalue weighted by Gasteiger charge is -2.31. The van der Waals surface area contributed by atoms with Crippen molar-refractivity contribution >= 4 is 32.6 Å². The highest BCUT2D eigenvalue weighted by Gasteiger charge is 2.28. The third kappa shape index (κ3) is 3.76. The molecule has 1 amide bonds. The van der Waals surface area contributed by atoms with E-state index in [-0.39, 0.29) is 17.0 Å². The monoisotopic (exact) mass is 377 g/mol. The molecule has 0 spiro atoms. The van der Waals surface area contributed by atoms with E-state index in [4.69, 9.17) is 10.5 Å². The number of piperidine rings is 1. The maximum Gasteiger partial charge on any atom is 0.409 e. The van der Waals surface area contributed by atoms with Crippen molar-refractivity contribution in [2.75, 3.05) is 25.4 Å². The molecule has 26 heavy (non-hydrogen) atoms. The fourth-order valence-electron chi connectivity index (χ4n) is 3.21. The number of rotatable bonds is 4. The number of carbonyl (C=O) groups is 1. The summed E-state index contributed by atoms with van der Waals surface area (Å²) in [4.78, 5) is 13.6. The first-order chi connectivity index (χ1) is 12.4. The lowest BCUT2D eigenvalue weighted by molar-refractivity contribution is 0.0966. The summed E-state index contributed by atoms with van der Waals surface area (Å²) in [6.07, 6.45) is 0.744. The molecule has 0 unspecified atom stereocenters. The Kier molecular flexibility index (Phi) is 5.33. The molecule has 3 N–H and O–H groups in total. The van der Waals surface area contributed by atoms with E-state index in [1.807, 2.05) is 12.1 Å². The number of nitrogens with two attached hydrogens (primary N) is 1. The number of likely N-dealkylation sites (tertiary alicyclic amines) is 1. The summed E-state index contributed by atoms with van der Waals surface area (Å²) in [7, 11) is -3.69. The fraction of sp³-hybridized carbons (Fsp3) is 0.389. The quantitative estimate of drug-likeness (QED) is 0.796. The van der Waals surface area contributed by atoms with E-state index in [1.54, 1.807) is 30.0 Å². The Bertz CT molecular complexity index is 906. The van der Waals surface area contributed by atoms with E-state index in [0.29, 0.717) is 49.0 Å². The van der Waals surface area contributed by atoms with Crippen molar-refractivity contribution < 1.29 is 17.9 Å². The van der Waals surface area contributed by atoms with E-state index in [9.17, 15) is 13.2 Å². The molecule has 0 radical (unpaired) electrons. The summed E-state index contributed by atoms with van der Waals surface area (Å²) in [5, 5.41) is 1.32. The van der Waals surface area contributed by atoms with Crippen LogP contribution in [-0.2, 0) is 14.8 Å². The molecule has 7 nitrogen and oxygen atoms in total. The second-order valence-corrected chi connectivity index (χ2v) is 7.96. The Hall–Kier alpha value is -2.32. The highest BCUT2D eigenvalue weighted by molar-refractivity contribution is 7.89. The van der Waals surface area contributed by atoms with Gasteiger partial charge >= 0.3 is 6.09 Å². The molecule has 0 atom stereocenters. The summed E-state index contributed by atoms with van der Waals surface area (Å²) in [5.41, 5.74) is 6.50. The molecule has 0 aliphatic carbocycles. The van der Waals surface area contributed by atoms with Crippen molar-refractivity contribution in [3.63, 3.8) is 0 Å². The molecule has 0 saturated carbocycles. The first-order valence-electron chi connectivity index (χ1n) is 8.63. The minimum absolute atomic E-state index is 0.218. The zero-order chi connectivity index (χ0) is 18.7. The van der Waals surface area contributed by atoms with Crippen molar-refractivity contribution in [2.45, 2.75) is 30.7 Å². The molecule has 0 aromatic heterocycles. The van der Waals surface area contributed by atoms with Crippen LogP contribution in [0.3, 0.4) is 0 Å². The first kappa shape index (κ1) is 18.5. The van der Waals surface area contributed by atoms with Crippen LogP contribution < -0.4 is 10.5 Å². The minimum atomic E-state index is -3.69. The van der Waals surface area contributed by atoms with Gasteiger partial charge in [0.05, 0.1) is 11.5 Å². The highest BCUT2D eigenvalue weighted by atomic mass is 32.2. The summed E-state index contributed by atoms with van der Waals surface area (Å²) in [6, 6.07) is 10.1. The van der Waals surface area contributed by atoms with Crippen molar-refractivity contribution in [2.24, 2.45) is 0 Å². The summed E-state index contributed by atoms with van der Waals surface area (Å²) in [5.74, 6) is 0. The number of carbonyl (C=O) groups excluding carboxylic acids is 1. The van der Waals surface area contributed by atoms with Gasteiger partial charge < -0.3 is 15.4 Å². The first-order valence-corrected chi connectivity index (χ1v) is 10.1. The van der Waals surface area contributed by atoms with Crippen molar-refractivity contribution in [3.05, 3.63) is 36.4 Å². The number of nitrogens with one attached hydrogen (secondary N) is 1. The van der Waals surface area contributed by atoms with Crippen LogP contribution in [0, 0.1) is 0 Å². The number of sulfonamides is 1. The van der Waals surface area contributed by atoms with Gasteiger partial charge in [-0.05, 0) is 31.9 Å². The lowest BCUT2D eigenvalue weighted by atomic mass is 10.1. The SMILES string of the molecule is CCOC(=O)N1CCC(NS(=O)(=O)c2ccc(N)c3ccccc23)CC1. The van der Waals surface area contributed by atoms with Crippen LogP contribution in [0.15, 0.2) is 41.3 Å². The lowest BCUT2D eigenvalue weighted by Crippen LogP contribution is -2.46. The fourth-order valence-corrected chi connectivity index (χ4v) is 4.72. The van der Waals surface area contributed by atoms with Crippen molar-refractivity contribution in [1.82, 2.24) is 9.62 Å². The zero-order valence-electron chi connectivity index (χ0n) is 14.6. The van der Waals surface area contributed by atoms with Crippen LogP contribution in [0.5, 0.6) is 0 Å². The normalized spacial score (nSPS) is 16.0. The molecule has 1 heterocycles. The number of anilines is 1. The van der Waals surface area contributed by atoms with Crippen LogP contribution in [0.2, 0.25) is 0 Å². The van der Waals surface area contributed by atoms with Gasteiger partial charge in [0.15, 0.2) is 0 Å². The van der Waals surface area contributed by atoms with Gasteiger partial charge in [-0.3, -0.25) is 0 Å². The molecule has 1 aliphatic rings. The third-order valence-corrected chi connectivity index (χ3v) is 6.13. The van der Waals surface area contributed by atoms with Crippen LogP contribution in [0.1, 0.15) is 19.8 Å². The molecule has 8 heteroatoms. The number of nitrogen functional groups attached to an aromatic ring is 1. The second-order valence-electron chi connectivity index (χ2n) is 6.28. The van der Waals surface area contributed by atoms with Crippen molar-refractivity contribution in [1.29, 1.82) is 0 Å². The molecule has 1 saturated heterocycles. The number of hydrogen-bond acceptors (Lipinski definition) is 5. The number of nitrogens with zero attached hydrogens (tertiary/aromatic N) is 1. The smallest absolute Gasteiger partial charge is 0.409 e. The predicted octanol–water partition coefficient (Wildman–Crippen LogP) is 2.32. The maximum absolute atomic E-state index is 12.9. The van der Waals surface area contributed by atoms with Gasteiger partial charge in [0.25, 0.3) is 0 Å². The zero-order valence-corrected chi connectivity index (χ0v) is 15.5. The van der Waals surface area contributed by atoms with E-state index >= 15 is 0 Å². The van der Waals surface area contributed by atoms with Gasteiger partial charge in [0.2, 0.25) is 10.0 Å². The van der Waals surface area contributed by atoms with Crippen molar-refractivity contribution in [3.8, 4) is 0 Å². The van der Waals surface area contributed by atoms with E-state index < -0.39 is 10.0 Å². The van der Waals surface area contributed by atoms with Gasteiger partial charge in [-0.1, -0.05) is 24.3 Å². The molecule has 3 rings (SSSR count). The van der Waals surface area contributed by atoms with Gasteiger partial charge in [0.1, 0.15) is 0 Å². The molecule has 1 fully saturated rings. The summed E-state index contributed by atoms with van der Waals surface area (Å²) < 4.78 is 33.5. The molecule has 140 valence electrons. The highest BCUT2D eigenvalue weighted by Crippen LogP contribution is 2.28. The topological polar surface area (TPSA) is 102 Å². The molecule has 1 aliphatic heterocycles. The molecular formula is C18H23N3O4S. The number of benzene rings is 2. The predicted molar refractivity (Wildman–Crippen MR) is 100 cm³/mol. The molecule has 0 bridgehead atoms. The number of amides is 1.